The molecule has 1 rings (SSSR count). The number of rotatable bonds is 5. The molecule has 0 spiro atoms. The summed E-state index contributed by atoms with van der Waals surface area (Å²) in [6, 6.07) is 0. The second kappa shape index (κ2) is 7.09. The minimum atomic E-state index is -0.692. The van der Waals surface area contributed by atoms with Gasteiger partial charge in [0.2, 0.25) is 0 Å². The second-order valence-corrected chi connectivity index (χ2v) is 7.25. The lowest BCUT2D eigenvalue weighted by Gasteiger charge is -2.27. The van der Waals surface area contributed by atoms with Gasteiger partial charge in [0.05, 0.1) is 0 Å². The number of hydrogen-bond acceptors (Lipinski definition) is 3. The molecule has 0 aliphatic heterocycles. The Kier molecular flexibility index (Phi) is 6.03. The predicted molar refractivity (Wildman–Crippen MR) is 79.2 cm³/mol. The Labute approximate surface area is 122 Å². The van der Waals surface area contributed by atoms with Gasteiger partial charge in [0.15, 0.2) is 6.10 Å². The molecule has 1 unspecified atom stereocenters. The van der Waals surface area contributed by atoms with Gasteiger partial charge < -0.3 is 10.1 Å². The molecule has 0 aromatic rings. The molecule has 1 aliphatic carbocycles. The standard InChI is InChI=1S/C16H29NO3/c1-11(2)14(15(19)17-16(3,4)5)20-13(18)10-12-8-6-7-9-12/h11-12,14H,6-10H2,1-5H3,(H,17,19). The van der Waals surface area contributed by atoms with Crippen molar-refractivity contribution in [1.29, 1.82) is 0 Å². The SMILES string of the molecule is CC(C)C(OC(=O)CC1CCCC1)C(=O)NC(C)(C)C. The molecule has 0 aromatic carbocycles. The monoisotopic (exact) mass is 283 g/mol. The number of carbonyl (C=O) groups excluding carboxylic acids is 2. The molecule has 116 valence electrons. The average molecular weight is 283 g/mol. The van der Waals surface area contributed by atoms with Gasteiger partial charge in [-0.2, -0.15) is 0 Å². The number of hydrogen-bond donors (Lipinski definition) is 1. The second-order valence-electron chi connectivity index (χ2n) is 7.25. The zero-order valence-corrected chi connectivity index (χ0v) is 13.5. The molecule has 0 heterocycles. The molecule has 1 atom stereocenters. The highest BCUT2D eigenvalue weighted by Crippen LogP contribution is 2.28. The summed E-state index contributed by atoms with van der Waals surface area (Å²) in [5.74, 6) is -0.0159. The maximum Gasteiger partial charge on any atom is 0.306 e. The molecule has 1 fully saturated rings. The molecule has 20 heavy (non-hydrogen) atoms. The van der Waals surface area contributed by atoms with Crippen molar-refractivity contribution in [2.75, 3.05) is 0 Å². The van der Waals surface area contributed by atoms with E-state index >= 15 is 0 Å². The van der Waals surface area contributed by atoms with Crippen molar-refractivity contribution >= 4 is 11.9 Å². The van der Waals surface area contributed by atoms with Gasteiger partial charge in [0, 0.05) is 12.0 Å². The van der Waals surface area contributed by atoms with Crippen molar-refractivity contribution < 1.29 is 14.3 Å². The van der Waals surface area contributed by atoms with Crippen LogP contribution in [0.5, 0.6) is 0 Å². The van der Waals surface area contributed by atoms with Crippen molar-refractivity contribution in [3.8, 4) is 0 Å². The van der Waals surface area contributed by atoms with E-state index < -0.39 is 6.10 Å². The Morgan fingerprint density at radius 2 is 1.75 bits per heavy atom. The number of carbonyl (C=O) groups is 2. The van der Waals surface area contributed by atoms with Gasteiger partial charge in [-0.05, 0) is 45.4 Å². The van der Waals surface area contributed by atoms with E-state index in [1.54, 1.807) is 0 Å². The summed E-state index contributed by atoms with van der Waals surface area (Å²) < 4.78 is 5.43. The number of amides is 1. The summed E-state index contributed by atoms with van der Waals surface area (Å²) in [5.41, 5.74) is -0.317. The third-order valence-corrected chi connectivity index (χ3v) is 3.55. The fraction of sp³-hybridized carbons (Fsp3) is 0.875. The Hall–Kier alpha value is -1.06. The van der Waals surface area contributed by atoms with Crippen LogP contribution in [0.3, 0.4) is 0 Å². The fourth-order valence-electron chi connectivity index (χ4n) is 2.57. The van der Waals surface area contributed by atoms with Crippen LogP contribution in [0.25, 0.3) is 0 Å². The van der Waals surface area contributed by atoms with Crippen LogP contribution in [-0.2, 0) is 14.3 Å². The van der Waals surface area contributed by atoms with Crippen molar-refractivity contribution in [2.24, 2.45) is 11.8 Å². The van der Waals surface area contributed by atoms with Crippen LogP contribution in [-0.4, -0.2) is 23.5 Å². The summed E-state index contributed by atoms with van der Waals surface area (Å²) in [4.78, 5) is 24.2. The average Bonchev–Trinajstić information content (AvgIpc) is 2.75. The van der Waals surface area contributed by atoms with E-state index in [4.69, 9.17) is 4.74 Å². The first-order valence-corrected chi connectivity index (χ1v) is 7.70. The van der Waals surface area contributed by atoms with Gasteiger partial charge >= 0.3 is 5.97 Å². The van der Waals surface area contributed by atoms with Gasteiger partial charge in [-0.1, -0.05) is 26.7 Å². The summed E-state index contributed by atoms with van der Waals surface area (Å²) in [7, 11) is 0. The molecule has 0 aromatic heterocycles. The maximum atomic E-state index is 12.2. The van der Waals surface area contributed by atoms with Gasteiger partial charge in [-0.25, -0.2) is 0 Å². The van der Waals surface area contributed by atoms with Crippen LogP contribution in [0.4, 0.5) is 0 Å². The first-order chi connectivity index (χ1) is 9.19. The van der Waals surface area contributed by atoms with Gasteiger partial charge in [0.1, 0.15) is 0 Å². The molecule has 1 N–H and O–H groups in total. The predicted octanol–water partition coefficient (Wildman–Crippen LogP) is 3.05. The van der Waals surface area contributed by atoms with Crippen LogP contribution < -0.4 is 5.32 Å². The zero-order valence-electron chi connectivity index (χ0n) is 13.5. The van der Waals surface area contributed by atoms with Gasteiger partial charge in [-0.3, -0.25) is 9.59 Å². The zero-order chi connectivity index (χ0) is 15.3. The topological polar surface area (TPSA) is 55.4 Å². The molecule has 0 bridgehead atoms. The Morgan fingerprint density at radius 3 is 2.20 bits per heavy atom. The Morgan fingerprint density at radius 1 is 1.20 bits per heavy atom. The molecular weight excluding hydrogens is 254 g/mol. The van der Waals surface area contributed by atoms with Crippen molar-refractivity contribution in [3.63, 3.8) is 0 Å². The molecular formula is C16H29NO3. The smallest absolute Gasteiger partial charge is 0.306 e. The molecule has 0 saturated heterocycles. The van der Waals surface area contributed by atoms with Crippen molar-refractivity contribution in [2.45, 2.75) is 78.4 Å². The van der Waals surface area contributed by atoms with E-state index in [1.807, 2.05) is 34.6 Å². The number of ether oxygens (including phenoxy) is 1. The molecule has 1 aliphatic rings. The third kappa shape index (κ3) is 5.93. The summed E-state index contributed by atoms with van der Waals surface area (Å²) >= 11 is 0. The molecule has 4 heteroatoms. The number of nitrogens with one attached hydrogen (secondary N) is 1. The summed E-state index contributed by atoms with van der Waals surface area (Å²) in [5, 5.41) is 2.88. The highest BCUT2D eigenvalue weighted by atomic mass is 16.5. The largest absolute Gasteiger partial charge is 0.452 e. The van der Waals surface area contributed by atoms with Crippen LogP contribution in [0.1, 0.15) is 66.7 Å². The van der Waals surface area contributed by atoms with E-state index in [0.717, 1.165) is 12.8 Å². The Bertz CT molecular complexity index is 338. The molecule has 1 amide bonds. The first-order valence-electron chi connectivity index (χ1n) is 7.70. The molecule has 0 radical (unpaired) electrons. The highest BCUT2D eigenvalue weighted by Gasteiger charge is 2.30. The van der Waals surface area contributed by atoms with E-state index in [1.165, 1.54) is 12.8 Å². The van der Waals surface area contributed by atoms with E-state index in [2.05, 4.69) is 5.32 Å². The molecule has 1 saturated carbocycles. The maximum absolute atomic E-state index is 12.2. The lowest BCUT2D eigenvalue weighted by molar-refractivity contribution is -0.160. The van der Waals surface area contributed by atoms with Crippen LogP contribution in [0, 0.1) is 11.8 Å². The van der Waals surface area contributed by atoms with Gasteiger partial charge in [-0.15, -0.1) is 0 Å². The normalized spacial score (nSPS) is 18.1. The third-order valence-electron chi connectivity index (χ3n) is 3.55. The number of esters is 1. The minimum Gasteiger partial charge on any atom is -0.452 e. The first kappa shape index (κ1) is 17.0. The Balaban J connectivity index is 2.53. The fourth-order valence-corrected chi connectivity index (χ4v) is 2.57. The van der Waals surface area contributed by atoms with Crippen molar-refractivity contribution in [1.82, 2.24) is 5.32 Å². The molecule has 4 nitrogen and oxygen atoms in total. The summed E-state index contributed by atoms with van der Waals surface area (Å²) in [6.07, 6.45) is 4.38. The quantitative estimate of drug-likeness (QED) is 0.789. The van der Waals surface area contributed by atoms with E-state index in [0.29, 0.717) is 12.3 Å². The lowest BCUT2D eigenvalue weighted by Crippen LogP contribution is -2.49. The van der Waals surface area contributed by atoms with E-state index in [-0.39, 0.29) is 23.3 Å². The summed E-state index contributed by atoms with van der Waals surface area (Å²) in [6.45, 7) is 9.55. The van der Waals surface area contributed by atoms with Gasteiger partial charge in [0.25, 0.3) is 5.91 Å². The van der Waals surface area contributed by atoms with Crippen LogP contribution in [0.2, 0.25) is 0 Å². The van der Waals surface area contributed by atoms with Crippen LogP contribution in [0.15, 0.2) is 0 Å². The minimum absolute atomic E-state index is 0.0233. The van der Waals surface area contributed by atoms with E-state index in [9.17, 15) is 9.59 Å². The van der Waals surface area contributed by atoms with Crippen molar-refractivity contribution in [3.05, 3.63) is 0 Å². The van der Waals surface area contributed by atoms with Crippen LogP contribution >= 0.6 is 0 Å². The lowest BCUT2D eigenvalue weighted by atomic mass is 10.0. The highest BCUT2D eigenvalue weighted by molar-refractivity contribution is 5.84.